The van der Waals surface area contributed by atoms with E-state index in [9.17, 15) is 25.2 Å². The molecule has 0 spiro atoms. The molecule has 202 valence electrons. The second-order valence-corrected chi connectivity index (χ2v) is 8.80. The van der Waals surface area contributed by atoms with Crippen LogP contribution in [0.2, 0.25) is 0 Å². The number of aliphatic hydroxyl groups excluding tert-OH is 5. The maximum absolute atomic E-state index is 10.3. The highest BCUT2D eigenvalue weighted by molar-refractivity contribution is 5.66. The summed E-state index contributed by atoms with van der Waals surface area (Å²) in [5, 5.41) is 55.1. The number of carboxylic acids is 1. The number of allylic oxidation sites excluding steroid dienone is 7. The molecule has 1 heterocycles. The third-order valence-electron chi connectivity index (χ3n) is 5.42. The Labute approximate surface area is 210 Å². The molecule has 0 aromatic carbocycles. The second kappa shape index (κ2) is 20.2. The van der Waals surface area contributed by atoms with Gasteiger partial charge in [0, 0.05) is 6.42 Å². The Morgan fingerprint density at radius 3 is 1.89 bits per heavy atom. The zero-order valence-corrected chi connectivity index (χ0v) is 21.4. The highest BCUT2D eigenvalue weighted by atomic mass is 16.6. The molecule has 0 saturated carbocycles. The molecule has 0 aromatic rings. The lowest BCUT2D eigenvalue weighted by Crippen LogP contribution is -2.40. The van der Waals surface area contributed by atoms with Crippen molar-refractivity contribution in [1.29, 1.82) is 0 Å². The third kappa shape index (κ3) is 15.6. The molecule has 1 rings (SSSR count). The molecule has 0 radical (unpaired) electrons. The number of unbranched alkanes of at least 4 members (excludes halogenated alkanes) is 5. The van der Waals surface area contributed by atoms with E-state index in [1.807, 2.05) is 0 Å². The van der Waals surface area contributed by atoms with Gasteiger partial charge in [0.15, 0.2) is 6.29 Å². The van der Waals surface area contributed by atoms with Crippen molar-refractivity contribution < 1.29 is 40.2 Å². The van der Waals surface area contributed by atoms with E-state index in [2.05, 4.69) is 43.4 Å². The smallest absolute Gasteiger partial charge is 0.303 e. The number of carboxylic acid groups (broad SMARTS) is 1. The van der Waals surface area contributed by atoms with Crippen LogP contribution in [0.3, 0.4) is 0 Å². The molecule has 1 saturated heterocycles. The molecular formula is C27H46O8. The molecule has 35 heavy (non-hydrogen) atoms. The third-order valence-corrected chi connectivity index (χ3v) is 5.42. The highest BCUT2D eigenvalue weighted by Crippen LogP contribution is 2.25. The number of carbonyl (C=O) groups is 1. The van der Waals surface area contributed by atoms with Crippen molar-refractivity contribution in [2.24, 2.45) is 0 Å². The predicted octanol–water partition coefficient (Wildman–Crippen LogP) is 4.30. The first-order valence-corrected chi connectivity index (χ1v) is 12.5. The maximum atomic E-state index is 10.3. The number of rotatable bonds is 15. The molecule has 0 aliphatic carbocycles. The van der Waals surface area contributed by atoms with Crippen LogP contribution in [0.4, 0.5) is 0 Å². The number of aliphatic hydroxyl groups is 5. The largest absolute Gasteiger partial charge is 0.510 e. The second-order valence-electron chi connectivity index (χ2n) is 8.80. The van der Waals surface area contributed by atoms with Crippen molar-refractivity contribution >= 4 is 5.97 Å². The van der Waals surface area contributed by atoms with E-state index in [4.69, 9.17) is 14.9 Å². The first-order valence-electron chi connectivity index (χ1n) is 12.5. The van der Waals surface area contributed by atoms with Gasteiger partial charge in [0.1, 0.15) is 30.2 Å². The van der Waals surface area contributed by atoms with Crippen LogP contribution in [0.15, 0.2) is 47.8 Å². The van der Waals surface area contributed by atoms with Crippen molar-refractivity contribution in [2.75, 3.05) is 0 Å². The SMILES string of the molecule is CC(C)=C(O)C(O)[C@H]1O[C@H](O)[C@H](O)[C@H]1O.CC/C=C\C/C=C\C/C=C\CCCCCCCC(=O)O. The van der Waals surface area contributed by atoms with Gasteiger partial charge in [-0.1, -0.05) is 62.6 Å². The summed E-state index contributed by atoms with van der Waals surface area (Å²) in [5.74, 6) is -1.01. The minimum Gasteiger partial charge on any atom is -0.510 e. The molecule has 1 aliphatic rings. The van der Waals surface area contributed by atoms with Gasteiger partial charge in [0.05, 0.1) is 0 Å². The number of hydrogen-bond acceptors (Lipinski definition) is 7. The summed E-state index contributed by atoms with van der Waals surface area (Å²) < 4.78 is 4.73. The van der Waals surface area contributed by atoms with Crippen LogP contribution in [0.5, 0.6) is 0 Å². The van der Waals surface area contributed by atoms with E-state index in [0.717, 1.165) is 44.9 Å². The molecular weight excluding hydrogens is 452 g/mol. The Bertz CT molecular complexity index is 679. The molecule has 0 bridgehead atoms. The average Bonchev–Trinajstić information content (AvgIpc) is 3.08. The fourth-order valence-electron chi connectivity index (χ4n) is 3.29. The van der Waals surface area contributed by atoms with E-state index in [1.54, 1.807) is 13.8 Å². The van der Waals surface area contributed by atoms with Gasteiger partial charge in [0.25, 0.3) is 0 Å². The van der Waals surface area contributed by atoms with Gasteiger partial charge in [-0.2, -0.15) is 0 Å². The molecule has 1 unspecified atom stereocenters. The van der Waals surface area contributed by atoms with E-state index in [-0.39, 0.29) is 5.76 Å². The summed E-state index contributed by atoms with van der Waals surface area (Å²) in [6.45, 7) is 5.30. The Morgan fingerprint density at radius 2 is 1.37 bits per heavy atom. The first kappa shape index (κ1) is 33.0. The monoisotopic (exact) mass is 498 g/mol. The van der Waals surface area contributed by atoms with Crippen molar-refractivity contribution in [2.45, 2.75) is 116 Å². The number of aliphatic carboxylic acids is 1. The fraction of sp³-hybridized carbons (Fsp3) is 0.667. The van der Waals surface area contributed by atoms with Crippen LogP contribution in [-0.2, 0) is 9.53 Å². The van der Waals surface area contributed by atoms with Crippen LogP contribution in [0.25, 0.3) is 0 Å². The Balaban J connectivity index is 0.000000686. The molecule has 1 fully saturated rings. The molecule has 0 aromatic heterocycles. The Kier molecular flexibility index (Phi) is 19.1. The van der Waals surface area contributed by atoms with E-state index in [0.29, 0.717) is 12.0 Å². The van der Waals surface area contributed by atoms with Gasteiger partial charge in [-0.25, -0.2) is 0 Å². The van der Waals surface area contributed by atoms with Gasteiger partial charge in [-0.15, -0.1) is 0 Å². The lowest BCUT2D eigenvalue weighted by molar-refractivity contribution is -0.144. The van der Waals surface area contributed by atoms with Crippen molar-refractivity contribution in [3.63, 3.8) is 0 Å². The summed E-state index contributed by atoms with van der Waals surface area (Å²) in [6, 6.07) is 0. The standard InChI is InChI=1S/C18H30O2.C9H16O6/c1-2-3-4-5-6-7-8-9-10-11-12-13-14-15-16-17-18(19)20;1-3(2)4(10)5(11)8-6(12)7(13)9(14)15-8/h3-4,6-7,9-10H,2,5,8,11-17H2,1H3,(H,19,20);5-14H,1-2H3/b4-3-,7-6-,10-9-;/t;5?,6-,7-,8-,9+/m.1/s1. The van der Waals surface area contributed by atoms with Gasteiger partial charge < -0.3 is 35.4 Å². The van der Waals surface area contributed by atoms with Gasteiger partial charge >= 0.3 is 5.97 Å². The Hall–Kier alpha value is -1.97. The minimum absolute atomic E-state index is 0.319. The summed E-state index contributed by atoms with van der Waals surface area (Å²) in [6.07, 6.45) is 16.2. The van der Waals surface area contributed by atoms with Crippen LogP contribution in [-0.4, -0.2) is 67.3 Å². The lowest BCUT2D eigenvalue weighted by Gasteiger charge is -2.20. The summed E-state index contributed by atoms with van der Waals surface area (Å²) >= 11 is 0. The normalized spacial score (nSPS) is 23.1. The molecule has 6 N–H and O–H groups in total. The molecule has 8 nitrogen and oxygen atoms in total. The van der Waals surface area contributed by atoms with Crippen molar-refractivity contribution in [3.05, 3.63) is 47.8 Å². The first-order chi connectivity index (χ1) is 16.6. The summed E-state index contributed by atoms with van der Waals surface area (Å²) in [5.41, 5.74) is 0.467. The van der Waals surface area contributed by atoms with Crippen LogP contribution in [0, 0.1) is 0 Å². The molecule has 0 amide bonds. The van der Waals surface area contributed by atoms with E-state index in [1.165, 1.54) is 12.8 Å². The van der Waals surface area contributed by atoms with E-state index >= 15 is 0 Å². The fourth-order valence-corrected chi connectivity index (χ4v) is 3.29. The molecule has 1 aliphatic heterocycles. The van der Waals surface area contributed by atoms with Crippen LogP contribution in [0.1, 0.15) is 85.0 Å². The van der Waals surface area contributed by atoms with Crippen LogP contribution >= 0.6 is 0 Å². The Morgan fingerprint density at radius 1 is 0.829 bits per heavy atom. The zero-order valence-electron chi connectivity index (χ0n) is 21.4. The summed E-state index contributed by atoms with van der Waals surface area (Å²) in [7, 11) is 0. The molecule has 5 atom stereocenters. The van der Waals surface area contributed by atoms with Crippen molar-refractivity contribution in [3.8, 4) is 0 Å². The van der Waals surface area contributed by atoms with Gasteiger partial charge in [-0.05, 0) is 57.9 Å². The van der Waals surface area contributed by atoms with Crippen molar-refractivity contribution in [1.82, 2.24) is 0 Å². The topological polar surface area (TPSA) is 148 Å². The quantitative estimate of drug-likeness (QED) is 0.111. The zero-order chi connectivity index (χ0) is 26.6. The highest BCUT2D eigenvalue weighted by Gasteiger charge is 2.46. The van der Waals surface area contributed by atoms with Gasteiger partial charge in [-0.3, -0.25) is 4.79 Å². The van der Waals surface area contributed by atoms with E-state index < -0.39 is 36.7 Å². The van der Waals surface area contributed by atoms with Crippen LogP contribution < -0.4 is 0 Å². The van der Waals surface area contributed by atoms with Gasteiger partial charge in [0.2, 0.25) is 0 Å². The maximum Gasteiger partial charge on any atom is 0.303 e. The average molecular weight is 499 g/mol. The minimum atomic E-state index is -1.55. The predicted molar refractivity (Wildman–Crippen MR) is 137 cm³/mol. The number of hydrogen-bond donors (Lipinski definition) is 6. The lowest BCUT2D eigenvalue weighted by atomic mass is 10.0. The number of ether oxygens (including phenoxy) is 1. The summed E-state index contributed by atoms with van der Waals surface area (Å²) in [4.78, 5) is 10.3. The molecule has 8 heteroatoms.